The van der Waals surface area contributed by atoms with Crippen LogP contribution in [-0.4, -0.2) is 21.4 Å². The highest BCUT2D eigenvalue weighted by Gasteiger charge is 2.37. The molecule has 0 bridgehead atoms. The van der Waals surface area contributed by atoms with Crippen molar-refractivity contribution in [1.82, 2.24) is 0 Å². The lowest BCUT2D eigenvalue weighted by Gasteiger charge is -2.40. The summed E-state index contributed by atoms with van der Waals surface area (Å²) in [6.45, 7) is 12.3. The summed E-state index contributed by atoms with van der Waals surface area (Å²) in [6, 6.07) is 0. The largest absolute Gasteiger partial charge is 0.385 e. The maximum absolute atomic E-state index is 10.3. The van der Waals surface area contributed by atoms with Gasteiger partial charge in [-0.2, -0.15) is 0 Å². The highest BCUT2D eigenvalue weighted by atomic mass is 16.3. The molecule has 0 aromatic rings. The molecule has 4 atom stereocenters. The Hall–Kier alpha value is -1.12. The molecule has 0 fully saturated rings. The van der Waals surface area contributed by atoms with Gasteiger partial charge in [0, 0.05) is 17.3 Å². The van der Waals surface area contributed by atoms with Gasteiger partial charge in [-0.15, -0.1) is 0 Å². The lowest BCUT2D eigenvalue weighted by molar-refractivity contribution is 0.0706. The van der Waals surface area contributed by atoms with E-state index in [4.69, 9.17) is 0 Å². The summed E-state index contributed by atoms with van der Waals surface area (Å²) in [6.07, 6.45) is 13.3. The molecule has 0 aromatic heterocycles. The number of hydrogen-bond acceptors (Lipinski definition) is 2. The van der Waals surface area contributed by atoms with Crippen LogP contribution in [0.4, 0.5) is 0 Å². The molecule has 0 saturated carbocycles. The molecule has 2 nitrogen and oxygen atoms in total. The first kappa shape index (κ1) is 17.2. The second-order valence-corrected chi connectivity index (χ2v) is 7.63. The van der Waals surface area contributed by atoms with Crippen LogP contribution in [0.3, 0.4) is 0 Å². The Morgan fingerprint density at radius 3 is 1.59 bits per heavy atom. The molecule has 4 unspecified atom stereocenters. The van der Waals surface area contributed by atoms with Crippen molar-refractivity contribution in [2.45, 2.75) is 59.2 Å². The quantitative estimate of drug-likeness (QED) is 0.821. The van der Waals surface area contributed by atoms with E-state index in [1.807, 2.05) is 26.0 Å². The standard InChI is InChI=1S/C20H30O2/c1-7-18(4,16-8-10-19(5,21)14(2)12-16)17-9-11-20(6,22)15(3)13-17/h8-15,21-22H,7H2,1-6H3. The Bertz CT molecular complexity index is 512. The topological polar surface area (TPSA) is 40.5 Å². The van der Waals surface area contributed by atoms with Gasteiger partial charge in [0.15, 0.2) is 0 Å². The van der Waals surface area contributed by atoms with E-state index < -0.39 is 11.2 Å². The molecule has 0 saturated heterocycles. The van der Waals surface area contributed by atoms with Crippen molar-refractivity contribution < 1.29 is 10.2 Å². The fourth-order valence-corrected chi connectivity index (χ4v) is 3.12. The minimum Gasteiger partial charge on any atom is -0.385 e. The summed E-state index contributed by atoms with van der Waals surface area (Å²) in [4.78, 5) is 0. The first-order valence-corrected chi connectivity index (χ1v) is 8.31. The van der Waals surface area contributed by atoms with Crippen molar-refractivity contribution in [3.63, 3.8) is 0 Å². The van der Waals surface area contributed by atoms with E-state index >= 15 is 0 Å². The normalized spacial score (nSPS) is 40.9. The number of allylic oxidation sites excluding steroid dienone is 4. The van der Waals surface area contributed by atoms with E-state index in [9.17, 15) is 10.2 Å². The molecular formula is C20H30O2. The van der Waals surface area contributed by atoms with Crippen molar-refractivity contribution >= 4 is 0 Å². The third-order valence-electron chi connectivity index (χ3n) is 5.88. The number of rotatable bonds is 3. The molecule has 122 valence electrons. The highest BCUT2D eigenvalue weighted by Crippen LogP contribution is 2.46. The van der Waals surface area contributed by atoms with Crippen LogP contribution in [0.1, 0.15) is 48.0 Å². The van der Waals surface area contributed by atoms with E-state index in [2.05, 4.69) is 52.0 Å². The van der Waals surface area contributed by atoms with E-state index in [-0.39, 0.29) is 17.3 Å². The maximum Gasteiger partial charge on any atom is 0.0862 e. The Kier molecular flexibility index (Phi) is 4.31. The van der Waals surface area contributed by atoms with Crippen molar-refractivity contribution in [2.75, 3.05) is 0 Å². The van der Waals surface area contributed by atoms with Gasteiger partial charge in [0.2, 0.25) is 0 Å². The minimum absolute atomic E-state index is 0.0899. The second-order valence-electron chi connectivity index (χ2n) is 7.63. The van der Waals surface area contributed by atoms with Crippen LogP contribution in [0.25, 0.3) is 0 Å². The average Bonchev–Trinajstić information content (AvgIpc) is 2.44. The van der Waals surface area contributed by atoms with Crippen LogP contribution < -0.4 is 0 Å². The summed E-state index contributed by atoms with van der Waals surface area (Å²) in [7, 11) is 0. The van der Waals surface area contributed by atoms with E-state index in [1.54, 1.807) is 0 Å². The zero-order valence-corrected chi connectivity index (χ0v) is 14.7. The lowest BCUT2D eigenvalue weighted by Crippen LogP contribution is -2.35. The maximum atomic E-state index is 10.3. The van der Waals surface area contributed by atoms with Crippen molar-refractivity contribution in [1.29, 1.82) is 0 Å². The first-order chi connectivity index (χ1) is 10.0. The Balaban J connectivity index is 2.40. The molecule has 2 rings (SSSR count). The molecule has 0 heterocycles. The van der Waals surface area contributed by atoms with Gasteiger partial charge in [0.05, 0.1) is 11.2 Å². The van der Waals surface area contributed by atoms with Crippen molar-refractivity contribution in [2.24, 2.45) is 17.3 Å². The van der Waals surface area contributed by atoms with Crippen LogP contribution in [0.5, 0.6) is 0 Å². The van der Waals surface area contributed by atoms with Gasteiger partial charge in [-0.05, 0) is 31.4 Å². The van der Waals surface area contributed by atoms with Crippen molar-refractivity contribution in [3.05, 3.63) is 47.6 Å². The van der Waals surface area contributed by atoms with Crippen LogP contribution in [0.2, 0.25) is 0 Å². The van der Waals surface area contributed by atoms with Gasteiger partial charge >= 0.3 is 0 Å². The van der Waals surface area contributed by atoms with Crippen LogP contribution in [-0.2, 0) is 0 Å². The Morgan fingerprint density at radius 2 is 1.32 bits per heavy atom. The monoisotopic (exact) mass is 302 g/mol. The van der Waals surface area contributed by atoms with Crippen LogP contribution in [0, 0.1) is 17.3 Å². The molecule has 0 spiro atoms. The van der Waals surface area contributed by atoms with E-state index in [0.717, 1.165) is 6.42 Å². The molecule has 2 aliphatic rings. The first-order valence-electron chi connectivity index (χ1n) is 8.31. The number of hydrogen-bond donors (Lipinski definition) is 2. The molecule has 2 aliphatic carbocycles. The minimum atomic E-state index is -0.772. The van der Waals surface area contributed by atoms with Gasteiger partial charge in [-0.3, -0.25) is 0 Å². The third-order valence-corrected chi connectivity index (χ3v) is 5.88. The third kappa shape index (κ3) is 2.87. The van der Waals surface area contributed by atoms with Gasteiger partial charge in [-0.1, -0.05) is 64.2 Å². The summed E-state index contributed by atoms with van der Waals surface area (Å²) < 4.78 is 0. The number of aliphatic hydroxyl groups is 2. The molecule has 0 aromatic carbocycles. The van der Waals surface area contributed by atoms with Gasteiger partial charge in [0.25, 0.3) is 0 Å². The van der Waals surface area contributed by atoms with Crippen LogP contribution in [0.15, 0.2) is 47.6 Å². The highest BCUT2D eigenvalue weighted by molar-refractivity contribution is 5.46. The summed E-state index contributed by atoms with van der Waals surface area (Å²) in [5.74, 6) is 0.180. The lowest BCUT2D eigenvalue weighted by atomic mass is 9.66. The molecule has 0 aliphatic heterocycles. The average molecular weight is 302 g/mol. The molecule has 2 N–H and O–H groups in total. The van der Waals surface area contributed by atoms with Gasteiger partial charge < -0.3 is 10.2 Å². The molecule has 2 heteroatoms. The van der Waals surface area contributed by atoms with E-state index in [0.29, 0.717) is 0 Å². The molecule has 22 heavy (non-hydrogen) atoms. The van der Waals surface area contributed by atoms with Gasteiger partial charge in [0.1, 0.15) is 0 Å². The fraction of sp³-hybridized carbons (Fsp3) is 0.600. The molecule has 0 radical (unpaired) electrons. The predicted octanol–water partition coefficient (Wildman–Crippen LogP) is 4.17. The zero-order chi connectivity index (χ0) is 16.8. The van der Waals surface area contributed by atoms with E-state index in [1.165, 1.54) is 11.1 Å². The Morgan fingerprint density at radius 1 is 0.955 bits per heavy atom. The van der Waals surface area contributed by atoms with Gasteiger partial charge in [-0.25, -0.2) is 0 Å². The van der Waals surface area contributed by atoms with Crippen molar-refractivity contribution in [3.8, 4) is 0 Å². The zero-order valence-electron chi connectivity index (χ0n) is 14.7. The fourth-order valence-electron chi connectivity index (χ4n) is 3.12. The van der Waals surface area contributed by atoms with Crippen LogP contribution >= 0.6 is 0 Å². The predicted molar refractivity (Wildman–Crippen MR) is 92.4 cm³/mol. The smallest absolute Gasteiger partial charge is 0.0862 e. The Labute approximate surface area is 134 Å². The molecular weight excluding hydrogens is 272 g/mol. The second kappa shape index (κ2) is 5.50. The SMILES string of the molecule is CCC(C)(C1=CC(C)C(C)(O)C=C1)C1=CC(C)C(C)(O)C=C1. The molecule has 0 amide bonds. The summed E-state index contributed by atoms with van der Waals surface area (Å²) in [5.41, 5.74) is 0.859. The summed E-state index contributed by atoms with van der Waals surface area (Å²) in [5, 5.41) is 20.7. The summed E-state index contributed by atoms with van der Waals surface area (Å²) >= 11 is 0.